The van der Waals surface area contributed by atoms with Crippen LogP contribution in [0.25, 0.3) is 0 Å². The van der Waals surface area contributed by atoms with E-state index in [0.29, 0.717) is 52.6 Å². The number of halogens is 2. The third kappa shape index (κ3) is 6.66. The first-order valence-electron chi connectivity index (χ1n) is 20.6. The lowest BCUT2D eigenvalue weighted by Crippen LogP contribution is -2.53. The molecule has 2 aliphatic carbocycles. The number of anilines is 1. The fourth-order valence-electron chi connectivity index (χ4n) is 10.8. The van der Waals surface area contributed by atoms with Gasteiger partial charge in [0.05, 0.1) is 47.6 Å². The average Bonchev–Trinajstić information content (AvgIpc) is 3.65. The number of imide groups is 2. The zero-order valence-corrected chi connectivity index (χ0v) is 34.6. The number of allylic oxidation sites excluding steroid dienone is 2. The Balaban J connectivity index is 1.14. The van der Waals surface area contributed by atoms with Gasteiger partial charge in [-0.05, 0) is 79.1 Å². The number of fused-ring (bicyclic) bond motifs is 4. The van der Waals surface area contributed by atoms with Crippen LogP contribution in [0.1, 0.15) is 48.3 Å². The van der Waals surface area contributed by atoms with Gasteiger partial charge in [0.2, 0.25) is 11.8 Å². The molecule has 4 aromatic rings. The van der Waals surface area contributed by atoms with Crippen LogP contribution < -0.4 is 14.9 Å². The molecule has 4 amide bonds. The lowest BCUT2D eigenvalue weighted by Gasteiger charge is -2.50. The van der Waals surface area contributed by atoms with Crippen LogP contribution in [0.4, 0.5) is 5.69 Å². The number of carbonyl (C=O) groups is 4. The Morgan fingerprint density at radius 3 is 2.30 bits per heavy atom. The molecule has 2 N–H and O–H groups in total. The van der Waals surface area contributed by atoms with Crippen molar-refractivity contribution < 1.29 is 33.8 Å². The normalized spacial score (nSPS) is 26.7. The molecule has 3 aliphatic heterocycles. The lowest BCUT2D eigenvalue weighted by atomic mass is 9.49. The summed E-state index contributed by atoms with van der Waals surface area (Å²) in [6.45, 7) is 2.08. The number of likely N-dealkylation sites (tertiary alicyclic amines) is 2. The number of benzene rings is 4. The van der Waals surface area contributed by atoms with Crippen LogP contribution in [0.3, 0.4) is 0 Å². The molecule has 1 saturated carbocycles. The van der Waals surface area contributed by atoms with Gasteiger partial charge < -0.3 is 14.6 Å². The van der Waals surface area contributed by atoms with Gasteiger partial charge in [-0.15, -0.1) is 0 Å². The molecule has 9 rings (SSSR count). The van der Waals surface area contributed by atoms with Crippen molar-refractivity contribution in [2.45, 2.75) is 49.6 Å². The van der Waals surface area contributed by atoms with Crippen LogP contribution in [0.2, 0.25) is 10.0 Å². The fourth-order valence-corrected chi connectivity index (χ4v) is 11.2. The van der Waals surface area contributed by atoms with Gasteiger partial charge in [-0.3, -0.25) is 34.4 Å². The number of methoxy groups -OCH3 is 1. The monoisotopic (exact) mass is 848 g/mol. The van der Waals surface area contributed by atoms with Crippen molar-refractivity contribution in [3.63, 3.8) is 0 Å². The number of hydrogen-bond donors (Lipinski definition) is 2. The van der Waals surface area contributed by atoms with Crippen molar-refractivity contribution in [1.82, 2.24) is 14.8 Å². The van der Waals surface area contributed by atoms with Gasteiger partial charge in [0.15, 0.2) is 0 Å². The molecular weight excluding hydrogens is 803 g/mol. The first-order chi connectivity index (χ1) is 29.1. The van der Waals surface area contributed by atoms with Gasteiger partial charge in [-0.25, -0.2) is 0 Å². The number of nitrogens with one attached hydrogen (secondary N) is 1. The number of piperidine rings is 1. The number of carbonyl (C=O) groups excluding carboxylic acids is 4. The maximum atomic E-state index is 15.6. The smallest absolute Gasteiger partial charge is 0.260 e. The number of rotatable bonds is 11. The number of hydrogen-bond acceptors (Lipinski definition) is 9. The maximum Gasteiger partial charge on any atom is 0.260 e. The van der Waals surface area contributed by atoms with Gasteiger partial charge in [0.25, 0.3) is 11.8 Å². The van der Waals surface area contributed by atoms with Crippen LogP contribution in [0.15, 0.2) is 109 Å². The summed E-state index contributed by atoms with van der Waals surface area (Å²) in [6.07, 6.45) is 3.86. The zero-order chi connectivity index (χ0) is 41.7. The molecule has 0 aromatic heterocycles. The molecule has 0 radical (unpaired) electrons. The van der Waals surface area contributed by atoms with Crippen LogP contribution >= 0.6 is 23.2 Å². The molecule has 3 heterocycles. The number of aliphatic hydroxyl groups excluding tert-OH is 1. The maximum absolute atomic E-state index is 15.6. The molecule has 3 saturated heterocycles. The minimum absolute atomic E-state index is 0.00237. The van der Waals surface area contributed by atoms with Crippen molar-refractivity contribution in [3.05, 3.63) is 135 Å². The van der Waals surface area contributed by atoms with Crippen LogP contribution in [0, 0.1) is 23.7 Å². The molecule has 4 fully saturated rings. The zero-order valence-electron chi connectivity index (χ0n) is 33.1. The molecule has 60 heavy (non-hydrogen) atoms. The highest BCUT2D eigenvalue weighted by Crippen LogP contribution is 2.65. The van der Waals surface area contributed by atoms with Crippen LogP contribution in [-0.2, 0) is 31.1 Å². The third-order valence-electron chi connectivity index (χ3n) is 13.4. The predicted molar refractivity (Wildman–Crippen MR) is 226 cm³/mol. The third-order valence-corrected chi connectivity index (χ3v) is 13.9. The lowest BCUT2D eigenvalue weighted by molar-refractivity contribution is -0.144. The molecule has 0 unspecified atom stereocenters. The number of amides is 4. The summed E-state index contributed by atoms with van der Waals surface area (Å²) in [5, 5.41) is 11.5. The quantitative estimate of drug-likeness (QED) is 0.121. The summed E-state index contributed by atoms with van der Waals surface area (Å²) in [6, 6.07) is 29.4. The summed E-state index contributed by atoms with van der Waals surface area (Å²) < 4.78 is 11.7. The minimum atomic E-state index is -1.54. The SMILES string of the molecule is COc1ccc([C@@]23C(=O)N(Nc4ccc(Cl)cc4Cl)C(=O)[C@@H]2C[C@@H]2C(=CC[C@@H]4C(=O)N(C5CCN(Cc6ccccc6)CC5)C(=O)[C@@H]42)[C@@H]3c2ccccc2OCCO)cc1. The Kier molecular flexibility index (Phi) is 11.0. The van der Waals surface area contributed by atoms with Crippen molar-refractivity contribution >= 4 is 52.5 Å². The van der Waals surface area contributed by atoms with Crippen LogP contribution in [-0.4, -0.2) is 83.0 Å². The van der Waals surface area contributed by atoms with E-state index in [0.717, 1.165) is 30.2 Å². The van der Waals surface area contributed by atoms with Crippen molar-refractivity contribution in [1.29, 1.82) is 0 Å². The molecule has 5 aliphatic rings. The standard InChI is InChI=1S/C47H46Cl2N4O7/c1-59-32-14-11-29(12-15-32)47-37(44(56)53(46(47)58)50-39-18-13-30(48)25-38(39)49)26-36-33(42(47)34-9-5-6-10-40(34)60-24-23-54)16-17-35-41(36)45(57)52(43(35)55)31-19-21-51(22-20-31)27-28-7-3-2-4-8-28/h2-16,18,25,31,35-37,41-42,50,54H,17,19-24,26-27H2,1H3/t35-,36+,37-,41-,42+,47+/m0/s1. The molecule has 0 bridgehead atoms. The van der Waals surface area contributed by atoms with E-state index in [4.69, 9.17) is 32.7 Å². The van der Waals surface area contributed by atoms with Gasteiger partial charge >= 0.3 is 0 Å². The number of hydrazine groups is 1. The Morgan fingerprint density at radius 1 is 0.850 bits per heavy atom. The molecule has 11 nitrogen and oxygen atoms in total. The Morgan fingerprint density at radius 2 is 1.58 bits per heavy atom. The number of nitrogens with zero attached hydrogens (tertiary/aromatic N) is 3. The van der Waals surface area contributed by atoms with Gasteiger partial charge in [-0.1, -0.05) is 95.5 Å². The summed E-state index contributed by atoms with van der Waals surface area (Å²) in [5.41, 5.74) is 5.07. The highest BCUT2D eigenvalue weighted by molar-refractivity contribution is 6.36. The number of aliphatic hydroxyl groups is 1. The Labute approximate surface area is 358 Å². The second kappa shape index (κ2) is 16.3. The van der Waals surface area contributed by atoms with E-state index in [9.17, 15) is 14.7 Å². The van der Waals surface area contributed by atoms with E-state index in [1.165, 1.54) is 11.6 Å². The molecule has 4 aromatic carbocycles. The number of para-hydroxylation sites is 1. The highest BCUT2D eigenvalue weighted by Gasteiger charge is 2.71. The van der Waals surface area contributed by atoms with E-state index >= 15 is 9.59 Å². The van der Waals surface area contributed by atoms with E-state index in [1.807, 2.05) is 54.6 Å². The Hall–Kier alpha value is -5.20. The summed E-state index contributed by atoms with van der Waals surface area (Å²) in [7, 11) is 1.56. The second-order valence-electron chi connectivity index (χ2n) is 16.4. The predicted octanol–water partition coefficient (Wildman–Crippen LogP) is 7.02. The van der Waals surface area contributed by atoms with E-state index in [-0.39, 0.29) is 42.5 Å². The fraction of sp³-hybridized carbons (Fsp3) is 0.362. The van der Waals surface area contributed by atoms with Crippen LogP contribution in [0.5, 0.6) is 11.5 Å². The van der Waals surface area contributed by atoms with Crippen molar-refractivity contribution in [2.24, 2.45) is 23.7 Å². The minimum Gasteiger partial charge on any atom is -0.497 e. The van der Waals surface area contributed by atoms with Gasteiger partial charge in [0, 0.05) is 42.2 Å². The molecule has 13 heteroatoms. The average molecular weight is 850 g/mol. The second-order valence-corrected chi connectivity index (χ2v) is 17.2. The molecular formula is C47H46Cl2N4O7. The molecule has 310 valence electrons. The first kappa shape index (κ1) is 40.2. The summed E-state index contributed by atoms with van der Waals surface area (Å²) >= 11 is 12.8. The van der Waals surface area contributed by atoms with E-state index in [1.54, 1.807) is 42.3 Å². The summed E-state index contributed by atoms with van der Waals surface area (Å²) in [5.74, 6) is -3.97. The van der Waals surface area contributed by atoms with Crippen molar-refractivity contribution in [2.75, 3.05) is 38.8 Å². The largest absolute Gasteiger partial charge is 0.497 e. The topological polar surface area (TPSA) is 129 Å². The van der Waals surface area contributed by atoms with Crippen molar-refractivity contribution in [3.8, 4) is 11.5 Å². The molecule has 0 spiro atoms. The highest BCUT2D eigenvalue weighted by atomic mass is 35.5. The molecule has 6 atom stereocenters. The van der Waals surface area contributed by atoms with E-state index < -0.39 is 46.8 Å². The van der Waals surface area contributed by atoms with E-state index in [2.05, 4.69) is 22.5 Å². The summed E-state index contributed by atoms with van der Waals surface area (Å²) in [4.78, 5) is 64.1. The first-order valence-corrected chi connectivity index (χ1v) is 21.3. The van der Waals surface area contributed by atoms with Gasteiger partial charge in [0.1, 0.15) is 18.1 Å². The number of ether oxygens (including phenoxy) is 2. The van der Waals surface area contributed by atoms with Gasteiger partial charge in [-0.2, -0.15) is 5.01 Å². The Bertz CT molecular complexity index is 2350.